The van der Waals surface area contributed by atoms with Crippen molar-refractivity contribution < 1.29 is 9.13 Å². The quantitative estimate of drug-likeness (QED) is 0.775. The van der Waals surface area contributed by atoms with Gasteiger partial charge in [-0.2, -0.15) is 5.26 Å². The molecule has 0 unspecified atom stereocenters. The molecule has 2 rings (SSSR count). The van der Waals surface area contributed by atoms with E-state index in [0.29, 0.717) is 24.8 Å². The lowest BCUT2D eigenvalue weighted by atomic mass is 10.1. The number of nitriles is 1. The lowest BCUT2D eigenvalue weighted by Crippen LogP contribution is -2.29. The second-order valence-electron chi connectivity index (χ2n) is 4.61. The fraction of sp³-hybridized carbons (Fsp3) is 0.500. The molecule has 4 heteroatoms. The van der Waals surface area contributed by atoms with Crippen LogP contribution in [0.3, 0.4) is 0 Å². The number of rotatable bonds is 6. The normalized spacial score (nSPS) is 14.8. The average molecular weight is 248 g/mol. The number of ether oxygens (including phenoxy) is 1. The van der Waals surface area contributed by atoms with Crippen LogP contribution in [0.4, 0.5) is 4.39 Å². The Morgan fingerprint density at radius 2 is 2.28 bits per heavy atom. The first kappa shape index (κ1) is 13.0. The van der Waals surface area contributed by atoms with Gasteiger partial charge < -0.3 is 4.74 Å². The maximum Gasteiger partial charge on any atom is 0.123 e. The first-order chi connectivity index (χ1) is 8.74. The molecule has 1 aliphatic rings. The zero-order valence-electron chi connectivity index (χ0n) is 10.5. The van der Waals surface area contributed by atoms with Gasteiger partial charge >= 0.3 is 0 Å². The van der Waals surface area contributed by atoms with E-state index in [1.807, 2.05) is 0 Å². The van der Waals surface area contributed by atoms with Crippen molar-refractivity contribution in [2.45, 2.75) is 25.4 Å². The lowest BCUT2D eigenvalue weighted by Gasteiger charge is -2.22. The molecule has 1 fully saturated rings. The Morgan fingerprint density at radius 1 is 1.50 bits per heavy atom. The molecular weight excluding hydrogens is 231 g/mol. The van der Waals surface area contributed by atoms with Crippen molar-refractivity contribution in [2.24, 2.45) is 0 Å². The van der Waals surface area contributed by atoms with Crippen LogP contribution in [-0.4, -0.2) is 31.2 Å². The fourth-order valence-corrected chi connectivity index (χ4v) is 2.06. The minimum Gasteiger partial charge on any atom is -0.383 e. The third kappa shape index (κ3) is 3.28. The van der Waals surface area contributed by atoms with Crippen LogP contribution >= 0.6 is 0 Å². The molecule has 1 saturated carbocycles. The summed E-state index contributed by atoms with van der Waals surface area (Å²) in [6.07, 6.45) is 2.36. The molecule has 0 heterocycles. The van der Waals surface area contributed by atoms with Crippen molar-refractivity contribution in [3.63, 3.8) is 0 Å². The van der Waals surface area contributed by atoms with Crippen LogP contribution in [0, 0.1) is 17.1 Å². The van der Waals surface area contributed by atoms with Crippen LogP contribution in [0.1, 0.15) is 24.0 Å². The van der Waals surface area contributed by atoms with Crippen molar-refractivity contribution in [1.82, 2.24) is 4.90 Å². The maximum atomic E-state index is 13.3. The van der Waals surface area contributed by atoms with Gasteiger partial charge in [0, 0.05) is 26.2 Å². The summed E-state index contributed by atoms with van der Waals surface area (Å²) >= 11 is 0. The molecule has 0 atom stereocenters. The van der Waals surface area contributed by atoms with E-state index in [1.165, 1.54) is 25.0 Å². The highest BCUT2D eigenvalue weighted by Crippen LogP contribution is 2.28. The molecule has 96 valence electrons. The van der Waals surface area contributed by atoms with Gasteiger partial charge in [0.1, 0.15) is 5.82 Å². The SMILES string of the molecule is COCCN(Cc1cc(F)ccc1C#N)C1CC1. The first-order valence-corrected chi connectivity index (χ1v) is 6.16. The second-order valence-corrected chi connectivity index (χ2v) is 4.61. The summed E-state index contributed by atoms with van der Waals surface area (Å²) < 4.78 is 18.3. The number of hydrogen-bond donors (Lipinski definition) is 0. The van der Waals surface area contributed by atoms with Crippen molar-refractivity contribution in [2.75, 3.05) is 20.3 Å². The zero-order valence-corrected chi connectivity index (χ0v) is 10.5. The Bertz CT molecular complexity index is 452. The monoisotopic (exact) mass is 248 g/mol. The smallest absolute Gasteiger partial charge is 0.123 e. The Morgan fingerprint density at radius 3 is 2.89 bits per heavy atom. The molecule has 0 aliphatic heterocycles. The summed E-state index contributed by atoms with van der Waals surface area (Å²) in [7, 11) is 1.67. The third-order valence-corrected chi connectivity index (χ3v) is 3.21. The lowest BCUT2D eigenvalue weighted by molar-refractivity contribution is 0.139. The van der Waals surface area contributed by atoms with Crippen LogP contribution in [0.25, 0.3) is 0 Å². The van der Waals surface area contributed by atoms with Crippen molar-refractivity contribution >= 4 is 0 Å². The van der Waals surface area contributed by atoms with Crippen molar-refractivity contribution in [1.29, 1.82) is 5.26 Å². The molecule has 18 heavy (non-hydrogen) atoms. The molecular formula is C14H17FN2O. The molecule has 3 nitrogen and oxygen atoms in total. The fourth-order valence-electron chi connectivity index (χ4n) is 2.06. The highest BCUT2D eigenvalue weighted by atomic mass is 19.1. The number of methoxy groups -OCH3 is 1. The van der Waals surface area contributed by atoms with Gasteiger partial charge in [-0.3, -0.25) is 4.90 Å². The molecule has 0 amide bonds. The van der Waals surface area contributed by atoms with Crippen LogP contribution in [0.5, 0.6) is 0 Å². The Kier molecular flexibility index (Phi) is 4.29. The second kappa shape index (κ2) is 5.94. The molecule has 0 spiro atoms. The standard InChI is InChI=1S/C14H17FN2O/c1-18-7-6-17(14-4-5-14)10-12-8-13(15)3-2-11(12)9-16/h2-3,8,14H,4-7,10H2,1H3. The first-order valence-electron chi connectivity index (χ1n) is 6.16. The van der Waals surface area contributed by atoms with E-state index in [1.54, 1.807) is 13.2 Å². The summed E-state index contributed by atoms with van der Waals surface area (Å²) in [6, 6.07) is 7.02. The van der Waals surface area contributed by atoms with Gasteiger partial charge in [-0.05, 0) is 36.6 Å². The van der Waals surface area contributed by atoms with Crippen molar-refractivity contribution in [3.05, 3.63) is 35.1 Å². The van der Waals surface area contributed by atoms with Gasteiger partial charge in [-0.1, -0.05) is 0 Å². The zero-order chi connectivity index (χ0) is 13.0. The van der Waals surface area contributed by atoms with Gasteiger partial charge in [-0.15, -0.1) is 0 Å². The minimum atomic E-state index is -0.286. The summed E-state index contributed by atoms with van der Waals surface area (Å²) in [5.74, 6) is -0.286. The predicted octanol–water partition coefficient (Wildman–Crippen LogP) is 2.31. The highest BCUT2D eigenvalue weighted by molar-refractivity contribution is 5.37. The number of nitrogens with zero attached hydrogens (tertiary/aromatic N) is 2. The van der Waals surface area contributed by atoms with E-state index in [4.69, 9.17) is 10.00 Å². The van der Waals surface area contributed by atoms with Gasteiger partial charge in [0.25, 0.3) is 0 Å². The van der Waals surface area contributed by atoms with E-state index >= 15 is 0 Å². The third-order valence-electron chi connectivity index (χ3n) is 3.21. The molecule has 0 N–H and O–H groups in total. The molecule has 0 aromatic heterocycles. The van der Waals surface area contributed by atoms with E-state index < -0.39 is 0 Å². The molecule has 0 radical (unpaired) electrons. The van der Waals surface area contributed by atoms with Gasteiger partial charge in [-0.25, -0.2) is 4.39 Å². The molecule has 1 aromatic carbocycles. The summed E-state index contributed by atoms with van der Waals surface area (Å²) in [6.45, 7) is 2.10. The van der Waals surface area contributed by atoms with Crippen LogP contribution in [0.2, 0.25) is 0 Å². The van der Waals surface area contributed by atoms with E-state index in [0.717, 1.165) is 12.1 Å². The molecule has 1 aromatic rings. The van der Waals surface area contributed by atoms with Crippen LogP contribution < -0.4 is 0 Å². The Hall–Kier alpha value is -1.44. The highest BCUT2D eigenvalue weighted by Gasteiger charge is 2.29. The summed E-state index contributed by atoms with van der Waals surface area (Å²) in [5, 5.41) is 9.04. The maximum absolute atomic E-state index is 13.3. The number of halogens is 1. The van der Waals surface area contributed by atoms with Crippen molar-refractivity contribution in [3.8, 4) is 6.07 Å². The van der Waals surface area contributed by atoms with Crippen LogP contribution in [0.15, 0.2) is 18.2 Å². The predicted molar refractivity (Wildman–Crippen MR) is 66.4 cm³/mol. The molecule has 0 saturated heterocycles. The summed E-state index contributed by atoms with van der Waals surface area (Å²) in [4.78, 5) is 2.26. The minimum absolute atomic E-state index is 0.286. The van der Waals surface area contributed by atoms with E-state index in [2.05, 4.69) is 11.0 Å². The largest absolute Gasteiger partial charge is 0.383 e. The van der Waals surface area contributed by atoms with Crippen LogP contribution in [-0.2, 0) is 11.3 Å². The molecule has 0 bridgehead atoms. The van der Waals surface area contributed by atoms with E-state index in [-0.39, 0.29) is 5.82 Å². The number of benzene rings is 1. The Labute approximate surface area is 107 Å². The molecule has 1 aliphatic carbocycles. The van der Waals surface area contributed by atoms with Gasteiger partial charge in [0.2, 0.25) is 0 Å². The number of hydrogen-bond acceptors (Lipinski definition) is 3. The van der Waals surface area contributed by atoms with Gasteiger partial charge in [0.15, 0.2) is 0 Å². The average Bonchev–Trinajstić information content (AvgIpc) is 3.19. The summed E-state index contributed by atoms with van der Waals surface area (Å²) in [5.41, 5.74) is 1.32. The van der Waals surface area contributed by atoms with E-state index in [9.17, 15) is 4.39 Å². The topological polar surface area (TPSA) is 36.3 Å². The van der Waals surface area contributed by atoms with Gasteiger partial charge in [0.05, 0.1) is 18.2 Å². The Balaban J connectivity index is 2.10.